The van der Waals surface area contributed by atoms with Gasteiger partial charge >= 0.3 is 6.18 Å². The van der Waals surface area contributed by atoms with Gasteiger partial charge in [-0.3, -0.25) is 0 Å². The molecule has 1 heterocycles. The highest BCUT2D eigenvalue weighted by molar-refractivity contribution is 5.60. The van der Waals surface area contributed by atoms with E-state index in [1.807, 2.05) is 0 Å². The van der Waals surface area contributed by atoms with Crippen molar-refractivity contribution >= 4 is 0 Å². The first-order chi connectivity index (χ1) is 8.02. The topological polar surface area (TPSA) is 64.9 Å². The van der Waals surface area contributed by atoms with Gasteiger partial charge in [0.1, 0.15) is 0 Å². The molecule has 2 aromatic rings. The van der Waals surface area contributed by atoms with E-state index in [9.17, 15) is 13.2 Å². The van der Waals surface area contributed by atoms with Crippen molar-refractivity contribution in [2.75, 3.05) is 0 Å². The zero-order valence-corrected chi connectivity index (χ0v) is 8.53. The maximum Gasteiger partial charge on any atom is 0.417 e. The van der Waals surface area contributed by atoms with Crippen LogP contribution in [-0.2, 0) is 12.7 Å². The molecule has 4 nitrogen and oxygen atoms in total. The molecule has 0 amide bonds. The molecule has 90 valence electrons. The molecular weight excluding hydrogens is 235 g/mol. The van der Waals surface area contributed by atoms with E-state index in [1.165, 1.54) is 18.2 Å². The summed E-state index contributed by atoms with van der Waals surface area (Å²) >= 11 is 0. The predicted octanol–water partition coefficient (Wildman–Crippen LogP) is 2.21. The van der Waals surface area contributed by atoms with Crippen LogP contribution in [0, 0.1) is 0 Å². The van der Waals surface area contributed by atoms with Crippen LogP contribution in [0.1, 0.15) is 11.5 Å². The summed E-state index contributed by atoms with van der Waals surface area (Å²) in [5.74, 6) is -0.0182. The highest BCUT2D eigenvalue weighted by atomic mass is 19.4. The number of rotatable bonds is 2. The van der Waals surface area contributed by atoms with Crippen molar-refractivity contribution in [3.63, 3.8) is 0 Å². The second-order valence-electron chi connectivity index (χ2n) is 3.26. The SMILES string of the molecule is NCc1nc(-c2ccccc2C(F)(F)F)no1. The molecule has 0 atom stereocenters. The summed E-state index contributed by atoms with van der Waals surface area (Å²) in [4.78, 5) is 3.77. The van der Waals surface area contributed by atoms with Crippen molar-refractivity contribution in [3.05, 3.63) is 35.7 Å². The molecule has 0 saturated heterocycles. The van der Waals surface area contributed by atoms with Gasteiger partial charge in [0, 0.05) is 5.56 Å². The van der Waals surface area contributed by atoms with E-state index < -0.39 is 11.7 Å². The molecule has 0 spiro atoms. The normalized spacial score (nSPS) is 11.8. The Labute approximate surface area is 94.2 Å². The molecule has 0 fully saturated rings. The van der Waals surface area contributed by atoms with Crippen LogP contribution in [0.2, 0.25) is 0 Å². The summed E-state index contributed by atoms with van der Waals surface area (Å²) in [7, 11) is 0. The second-order valence-corrected chi connectivity index (χ2v) is 3.26. The van der Waals surface area contributed by atoms with E-state index in [-0.39, 0.29) is 23.8 Å². The fourth-order valence-electron chi connectivity index (χ4n) is 1.37. The Balaban J connectivity index is 2.52. The summed E-state index contributed by atoms with van der Waals surface area (Å²) in [6, 6.07) is 5.03. The van der Waals surface area contributed by atoms with E-state index in [0.29, 0.717) is 0 Å². The molecule has 0 radical (unpaired) electrons. The third-order valence-corrected chi connectivity index (χ3v) is 2.12. The first-order valence-corrected chi connectivity index (χ1v) is 4.71. The minimum absolute atomic E-state index is 0.0127. The van der Waals surface area contributed by atoms with Crippen LogP contribution in [0.3, 0.4) is 0 Å². The summed E-state index contributed by atoms with van der Waals surface area (Å²) < 4.78 is 42.8. The maximum absolute atomic E-state index is 12.7. The number of hydrogen-bond acceptors (Lipinski definition) is 4. The molecule has 2 rings (SSSR count). The molecule has 7 heteroatoms. The number of nitrogens with zero attached hydrogens (tertiary/aromatic N) is 2. The van der Waals surface area contributed by atoms with Crippen LogP contribution < -0.4 is 5.73 Å². The van der Waals surface area contributed by atoms with Crippen molar-refractivity contribution in [3.8, 4) is 11.4 Å². The van der Waals surface area contributed by atoms with Gasteiger partial charge in [-0.2, -0.15) is 18.2 Å². The van der Waals surface area contributed by atoms with E-state index in [2.05, 4.69) is 14.7 Å². The van der Waals surface area contributed by atoms with Crippen molar-refractivity contribution in [2.24, 2.45) is 5.73 Å². The van der Waals surface area contributed by atoms with Crippen LogP contribution in [-0.4, -0.2) is 10.1 Å². The average Bonchev–Trinajstić information content (AvgIpc) is 2.76. The predicted molar refractivity (Wildman–Crippen MR) is 52.6 cm³/mol. The smallest absolute Gasteiger partial charge is 0.338 e. The number of halogens is 3. The van der Waals surface area contributed by atoms with Crippen LogP contribution >= 0.6 is 0 Å². The molecule has 2 N–H and O–H groups in total. The summed E-state index contributed by atoms with van der Waals surface area (Å²) in [6.07, 6.45) is -4.46. The Hall–Kier alpha value is -1.89. The maximum atomic E-state index is 12.7. The molecule has 0 saturated carbocycles. The molecule has 0 aliphatic rings. The highest BCUT2D eigenvalue weighted by Crippen LogP contribution is 2.35. The van der Waals surface area contributed by atoms with Crippen LogP contribution in [0.5, 0.6) is 0 Å². The van der Waals surface area contributed by atoms with Crippen molar-refractivity contribution in [1.82, 2.24) is 10.1 Å². The van der Waals surface area contributed by atoms with Gasteiger partial charge in [-0.25, -0.2) is 0 Å². The standard InChI is InChI=1S/C10H8F3N3O/c11-10(12,13)7-4-2-1-3-6(7)9-15-8(5-14)17-16-9/h1-4H,5,14H2. The van der Waals surface area contributed by atoms with E-state index in [0.717, 1.165) is 6.07 Å². The number of alkyl halides is 3. The summed E-state index contributed by atoms with van der Waals surface area (Å²) in [6.45, 7) is -0.0127. The Kier molecular flexibility index (Phi) is 2.84. The van der Waals surface area contributed by atoms with Crippen molar-refractivity contribution in [2.45, 2.75) is 12.7 Å². The van der Waals surface area contributed by atoms with Gasteiger partial charge in [-0.15, -0.1) is 0 Å². The van der Waals surface area contributed by atoms with Gasteiger partial charge in [0.15, 0.2) is 0 Å². The summed E-state index contributed by atoms with van der Waals surface area (Å²) in [5, 5.41) is 3.47. The van der Waals surface area contributed by atoms with Gasteiger partial charge < -0.3 is 10.3 Å². The Morgan fingerprint density at radius 3 is 2.53 bits per heavy atom. The third-order valence-electron chi connectivity index (χ3n) is 2.12. The lowest BCUT2D eigenvalue weighted by Crippen LogP contribution is -2.07. The number of aromatic nitrogens is 2. The Morgan fingerprint density at radius 2 is 1.94 bits per heavy atom. The molecule has 0 unspecified atom stereocenters. The third kappa shape index (κ3) is 2.28. The molecule has 1 aromatic heterocycles. The van der Waals surface area contributed by atoms with Crippen LogP contribution in [0.25, 0.3) is 11.4 Å². The quantitative estimate of drug-likeness (QED) is 0.878. The fraction of sp³-hybridized carbons (Fsp3) is 0.200. The lowest BCUT2D eigenvalue weighted by molar-refractivity contribution is -0.137. The lowest BCUT2D eigenvalue weighted by Gasteiger charge is -2.09. The number of nitrogens with two attached hydrogens (primary N) is 1. The lowest BCUT2D eigenvalue weighted by atomic mass is 10.1. The summed E-state index contributed by atoms with van der Waals surface area (Å²) in [5.41, 5.74) is 4.32. The average molecular weight is 243 g/mol. The largest absolute Gasteiger partial charge is 0.417 e. The zero-order chi connectivity index (χ0) is 12.5. The molecule has 0 aliphatic carbocycles. The first kappa shape index (κ1) is 11.6. The Bertz CT molecular complexity index is 522. The molecule has 1 aromatic carbocycles. The van der Waals surface area contributed by atoms with Gasteiger partial charge in [-0.1, -0.05) is 23.4 Å². The van der Waals surface area contributed by atoms with Crippen LogP contribution in [0.15, 0.2) is 28.8 Å². The number of hydrogen-bond donors (Lipinski definition) is 1. The van der Waals surface area contributed by atoms with Gasteiger partial charge in [0.05, 0.1) is 12.1 Å². The van der Waals surface area contributed by atoms with Crippen molar-refractivity contribution < 1.29 is 17.7 Å². The first-order valence-electron chi connectivity index (χ1n) is 4.71. The molecule has 17 heavy (non-hydrogen) atoms. The highest BCUT2D eigenvalue weighted by Gasteiger charge is 2.34. The minimum Gasteiger partial charge on any atom is -0.338 e. The van der Waals surface area contributed by atoms with Gasteiger partial charge in [-0.05, 0) is 6.07 Å². The fourth-order valence-corrected chi connectivity index (χ4v) is 1.37. The van der Waals surface area contributed by atoms with E-state index >= 15 is 0 Å². The van der Waals surface area contributed by atoms with Crippen LogP contribution in [0.4, 0.5) is 13.2 Å². The van der Waals surface area contributed by atoms with E-state index in [1.54, 1.807) is 0 Å². The van der Waals surface area contributed by atoms with Gasteiger partial charge in [0.25, 0.3) is 0 Å². The minimum atomic E-state index is -4.46. The zero-order valence-electron chi connectivity index (χ0n) is 8.53. The monoisotopic (exact) mass is 243 g/mol. The second kappa shape index (κ2) is 4.17. The molecular formula is C10H8F3N3O. The van der Waals surface area contributed by atoms with E-state index in [4.69, 9.17) is 5.73 Å². The number of benzene rings is 1. The Morgan fingerprint density at radius 1 is 1.24 bits per heavy atom. The molecule has 0 aliphatic heterocycles. The van der Waals surface area contributed by atoms with Crippen molar-refractivity contribution in [1.29, 1.82) is 0 Å². The molecule has 0 bridgehead atoms. The van der Waals surface area contributed by atoms with Gasteiger partial charge in [0.2, 0.25) is 11.7 Å².